The summed E-state index contributed by atoms with van der Waals surface area (Å²) in [7, 11) is 0. The van der Waals surface area contributed by atoms with Crippen LogP contribution in [-0.4, -0.2) is 41.0 Å². The first-order valence-electron chi connectivity index (χ1n) is 9.39. The highest BCUT2D eigenvalue weighted by molar-refractivity contribution is 7.07. The molecular weight excluding hydrogens is 390 g/mol. The van der Waals surface area contributed by atoms with Crippen LogP contribution in [0.25, 0.3) is 12.2 Å². The van der Waals surface area contributed by atoms with E-state index in [0.29, 0.717) is 27.8 Å². The van der Waals surface area contributed by atoms with Gasteiger partial charge in [0.1, 0.15) is 11.2 Å². The number of amides is 1. The molecule has 1 saturated heterocycles. The molecule has 1 amide bonds. The van der Waals surface area contributed by atoms with Crippen LogP contribution in [0, 0.1) is 11.3 Å². The first-order chi connectivity index (χ1) is 14.0. The van der Waals surface area contributed by atoms with Crippen LogP contribution in [0.15, 0.2) is 29.1 Å². The summed E-state index contributed by atoms with van der Waals surface area (Å²) in [4.78, 5) is 39.2. The molecule has 1 aromatic heterocycles. The second-order valence-electron chi connectivity index (χ2n) is 6.56. The van der Waals surface area contributed by atoms with Crippen molar-refractivity contribution in [1.82, 2.24) is 9.47 Å². The lowest BCUT2D eigenvalue weighted by molar-refractivity contribution is -0.135. The Kier molecular flexibility index (Phi) is 6.62. The highest BCUT2D eigenvalue weighted by Crippen LogP contribution is 2.08. The molecule has 0 saturated carbocycles. The van der Waals surface area contributed by atoms with Crippen LogP contribution in [0.2, 0.25) is 0 Å². The van der Waals surface area contributed by atoms with Crippen LogP contribution in [0.4, 0.5) is 0 Å². The summed E-state index contributed by atoms with van der Waals surface area (Å²) in [5.74, 6) is -0.688. The zero-order chi connectivity index (χ0) is 20.8. The third kappa shape index (κ3) is 5.00. The summed E-state index contributed by atoms with van der Waals surface area (Å²) < 4.78 is 7.07. The molecule has 3 rings (SSSR count). The van der Waals surface area contributed by atoms with Crippen LogP contribution in [0.5, 0.6) is 0 Å². The number of likely N-dealkylation sites (tertiary alicyclic amines) is 1. The fourth-order valence-electron chi connectivity index (χ4n) is 3.08. The van der Waals surface area contributed by atoms with E-state index in [4.69, 9.17) is 10.00 Å². The van der Waals surface area contributed by atoms with E-state index >= 15 is 0 Å². The van der Waals surface area contributed by atoms with Crippen molar-refractivity contribution in [3.8, 4) is 6.07 Å². The van der Waals surface area contributed by atoms with E-state index in [1.807, 2.05) is 6.07 Å². The number of ether oxygens (including phenoxy) is 1. The number of thiazole rings is 1. The number of esters is 1. The number of carbonyl (C=O) groups excluding carboxylic acids is 2. The maximum absolute atomic E-state index is 13.0. The van der Waals surface area contributed by atoms with Gasteiger partial charge in [-0.2, -0.15) is 5.26 Å². The van der Waals surface area contributed by atoms with Crippen molar-refractivity contribution >= 4 is 35.4 Å². The van der Waals surface area contributed by atoms with Crippen LogP contribution in [0.1, 0.15) is 30.9 Å². The Morgan fingerprint density at radius 2 is 1.93 bits per heavy atom. The molecule has 1 aliphatic heterocycles. The largest absolute Gasteiger partial charge is 0.463 e. The average Bonchev–Trinajstić information content (AvgIpc) is 3.34. The van der Waals surface area contributed by atoms with Crippen molar-refractivity contribution in [3.05, 3.63) is 54.9 Å². The van der Waals surface area contributed by atoms with Gasteiger partial charge in [0.05, 0.1) is 28.8 Å². The number of aromatic nitrogens is 1. The molecule has 0 bridgehead atoms. The van der Waals surface area contributed by atoms with E-state index < -0.39 is 5.97 Å². The lowest BCUT2D eigenvalue weighted by Gasteiger charge is -2.15. The summed E-state index contributed by atoms with van der Waals surface area (Å²) in [6.07, 6.45) is 4.87. The van der Waals surface area contributed by atoms with Gasteiger partial charge in [-0.05, 0) is 43.5 Å². The van der Waals surface area contributed by atoms with Gasteiger partial charge in [0.2, 0.25) is 5.91 Å². The minimum atomic E-state index is -0.555. The van der Waals surface area contributed by atoms with Gasteiger partial charge in [-0.25, -0.2) is 4.79 Å². The molecule has 0 atom stereocenters. The van der Waals surface area contributed by atoms with Crippen LogP contribution < -0.4 is 14.8 Å². The second-order valence-corrected chi connectivity index (χ2v) is 7.62. The predicted octanol–water partition coefficient (Wildman–Crippen LogP) is 0.576. The van der Waals surface area contributed by atoms with Crippen molar-refractivity contribution in [3.63, 3.8) is 0 Å². The Balaban J connectivity index is 2.03. The van der Waals surface area contributed by atoms with Gasteiger partial charge in [-0.15, -0.1) is 11.3 Å². The smallest absolute Gasteiger partial charge is 0.333 e. The van der Waals surface area contributed by atoms with E-state index in [1.54, 1.807) is 42.2 Å². The third-order valence-electron chi connectivity index (χ3n) is 4.55. The van der Waals surface area contributed by atoms with Crippen LogP contribution in [-0.2, 0) is 20.9 Å². The van der Waals surface area contributed by atoms with Gasteiger partial charge in [0.25, 0.3) is 5.56 Å². The summed E-state index contributed by atoms with van der Waals surface area (Å²) in [6.45, 7) is 3.20. The van der Waals surface area contributed by atoms with Crippen LogP contribution >= 0.6 is 11.3 Å². The zero-order valence-corrected chi connectivity index (χ0v) is 16.9. The van der Waals surface area contributed by atoms with Crippen molar-refractivity contribution in [2.75, 3.05) is 19.7 Å². The number of carbonyl (C=O) groups is 2. The third-order valence-corrected chi connectivity index (χ3v) is 5.61. The molecule has 0 spiro atoms. The minimum Gasteiger partial charge on any atom is -0.463 e. The molecule has 0 aliphatic carbocycles. The molecule has 2 heterocycles. The Hall–Kier alpha value is -3.18. The molecule has 1 aliphatic rings. The molecule has 7 nitrogen and oxygen atoms in total. The molecule has 0 N–H and O–H groups in total. The quantitative estimate of drug-likeness (QED) is 0.671. The molecule has 8 heteroatoms. The van der Waals surface area contributed by atoms with Crippen LogP contribution in [0.3, 0.4) is 0 Å². The second kappa shape index (κ2) is 9.34. The minimum absolute atomic E-state index is 0.109. The van der Waals surface area contributed by atoms with Crippen molar-refractivity contribution in [2.45, 2.75) is 26.3 Å². The van der Waals surface area contributed by atoms with Crippen molar-refractivity contribution in [1.29, 1.82) is 5.26 Å². The van der Waals surface area contributed by atoms with E-state index in [1.165, 1.54) is 10.6 Å². The van der Waals surface area contributed by atoms with Gasteiger partial charge in [-0.1, -0.05) is 12.1 Å². The molecule has 0 unspecified atom stereocenters. The summed E-state index contributed by atoms with van der Waals surface area (Å²) in [5.41, 5.74) is 0.948. The SMILES string of the molecule is CCOC(=O)/C=c1\s/c(=C\c2ccc(C#N)cc2)c(=O)n1CC(=O)N1CCCC1. The summed E-state index contributed by atoms with van der Waals surface area (Å²) >= 11 is 1.13. The highest BCUT2D eigenvalue weighted by atomic mass is 32.1. The number of nitriles is 1. The van der Waals surface area contributed by atoms with Gasteiger partial charge >= 0.3 is 5.97 Å². The Morgan fingerprint density at radius 3 is 2.55 bits per heavy atom. The number of hydrogen-bond acceptors (Lipinski definition) is 6. The maximum Gasteiger partial charge on any atom is 0.333 e. The Labute approximate surface area is 171 Å². The topological polar surface area (TPSA) is 92.4 Å². The summed E-state index contributed by atoms with van der Waals surface area (Å²) in [6, 6.07) is 8.87. The molecule has 150 valence electrons. The van der Waals surface area contributed by atoms with Gasteiger partial charge in [0, 0.05) is 13.1 Å². The normalized spacial score (nSPS) is 14.8. The zero-order valence-electron chi connectivity index (χ0n) is 16.1. The Morgan fingerprint density at radius 1 is 1.24 bits per heavy atom. The van der Waals surface area contributed by atoms with E-state index in [2.05, 4.69) is 0 Å². The van der Waals surface area contributed by atoms with E-state index in [0.717, 1.165) is 29.7 Å². The number of rotatable bonds is 5. The molecule has 2 aromatic rings. The summed E-state index contributed by atoms with van der Waals surface area (Å²) in [5, 5.41) is 8.91. The van der Waals surface area contributed by atoms with Gasteiger partial charge in [-0.3, -0.25) is 14.2 Å². The van der Waals surface area contributed by atoms with E-state index in [9.17, 15) is 14.4 Å². The van der Waals surface area contributed by atoms with Crippen molar-refractivity contribution < 1.29 is 14.3 Å². The molecule has 29 heavy (non-hydrogen) atoms. The number of hydrogen-bond donors (Lipinski definition) is 0. The van der Waals surface area contributed by atoms with Crippen molar-refractivity contribution in [2.24, 2.45) is 0 Å². The van der Waals surface area contributed by atoms with Gasteiger partial charge < -0.3 is 9.64 Å². The fraction of sp³-hybridized carbons (Fsp3) is 0.333. The lowest BCUT2D eigenvalue weighted by atomic mass is 10.1. The van der Waals surface area contributed by atoms with Gasteiger partial charge in [0.15, 0.2) is 0 Å². The molecule has 1 aromatic carbocycles. The molecule has 1 fully saturated rings. The van der Waals surface area contributed by atoms with E-state index in [-0.39, 0.29) is 24.6 Å². The number of benzene rings is 1. The molecular formula is C21H21N3O4S. The molecule has 0 radical (unpaired) electrons. The maximum atomic E-state index is 13.0. The number of nitrogens with zero attached hydrogens (tertiary/aromatic N) is 3. The fourth-order valence-corrected chi connectivity index (χ4v) is 4.12. The monoisotopic (exact) mass is 411 g/mol. The lowest BCUT2D eigenvalue weighted by Crippen LogP contribution is -2.39. The predicted molar refractivity (Wildman–Crippen MR) is 109 cm³/mol. The highest BCUT2D eigenvalue weighted by Gasteiger charge is 2.19. The average molecular weight is 411 g/mol. The standard InChI is InChI=1S/C21H21N3O4S/c1-2-28-20(26)12-19-24(14-18(25)23-9-3-4-10-23)21(27)17(29-19)11-15-5-7-16(13-22)8-6-15/h5-8,11-12H,2-4,9-10,14H2,1H3/b17-11-,19-12-. The Bertz CT molecular complexity index is 1120. The first-order valence-corrected chi connectivity index (χ1v) is 10.2. The first kappa shape index (κ1) is 20.6.